The van der Waals surface area contributed by atoms with Crippen LogP contribution in [0.5, 0.6) is 5.75 Å². The van der Waals surface area contributed by atoms with Crippen LogP contribution in [0, 0.1) is 40.8 Å². The fourth-order valence-electron chi connectivity index (χ4n) is 4.46. The topological polar surface area (TPSA) is 18.5 Å². The van der Waals surface area contributed by atoms with Crippen molar-refractivity contribution in [2.75, 3.05) is 6.61 Å². The van der Waals surface area contributed by atoms with Gasteiger partial charge in [0.25, 0.3) is 0 Å². The third-order valence-electron chi connectivity index (χ3n) is 6.44. The lowest BCUT2D eigenvalue weighted by atomic mass is 9.90. The van der Waals surface area contributed by atoms with Crippen LogP contribution in [0.15, 0.2) is 42.5 Å². The second kappa shape index (κ2) is 11.4. The fourth-order valence-corrected chi connectivity index (χ4v) is 4.46. The van der Waals surface area contributed by atoms with Gasteiger partial charge in [0.05, 0.1) is 12.7 Å². The van der Waals surface area contributed by atoms with Gasteiger partial charge in [-0.25, -0.2) is 26.3 Å². The van der Waals surface area contributed by atoms with E-state index < -0.39 is 47.3 Å². The minimum atomic E-state index is -1.65. The maximum atomic E-state index is 14.9. The van der Waals surface area contributed by atoms with E-state index in [1.807, 2.05) is 0 Å². The number of halogens is 6. The fraction of sp³-hybridized carbons (Fsp3) is 0.357. The van der Waals surface area contributed by atoms with Gasteiger partial charge in [-0.3, -0.25) is 0 Å². The van der Waals surface area contributed by atoms with Crippen LogP contribution in [0.4, 0.5) is 26.3 Å². The van der Waals surface area contributed by atoms with Crippen molar-refractivity contribution in [3.8, 4) is 16.9 Å². The number of hydrogen-bond donors (Lipinski definition) is 0. The van der Waals surface area contributed by atoms with E-state index in [0.29, 0.717) is 30.2 Å². The molecule has 3 aromatic rings. The molecule has 0 aliphatic carbocycles. The lowest BCUT2D eigenvalue weighted by Crippen LogP contribution is -2.20. The van der Waals surface area contributed by atoms with Gasteiger partial charge >= 0.3 is 0 Å². The van der Waals surface area contributed by atoms with Crippen LogP contribution in [0.2, 0.25) is 0 Å². The van der Waals surface area contributed by atoms with Gasteiger partial charge in [-0.1, -0.05) is 31.9 Å². The van der Waals surface area contributed by atoms with E-state index in [2.05, 4.69) is 6.92 Å². The van der Waals surface area contributed by atoms with E-state index in [1.165, 1.54) is 12.1 Å². The molecule has 1 aliphatic heterocycles. The zero-order chi connectivity index (χ0) is 25.8. The quantitative estimate of drug-likeness (QED) is 0.225. The van der Waals surface area contributed by atoms with Crippen LogP contribution in [0.1, 0.15) is 56.3 Å². The normalized spacial score (nSPS) is 17.9. The molecule has 2 unspecified atom stereocenters. The van der Waals surface area contributed by atoms with Crippen LogP contribution in [0.25, 0.3) is 11.1 Å². The number of benzene rings is 3. The molecule has 0 amide bonds. The van der Waals surface area contributed by atoms with Crippen molar-refractivity contribution in [1.82, 2.24) is 0 Å². The number of ether oxygens (including phenoxy) is 2. The molecule has 36 heavy (non-hydrogen) atoms. The Balaban J connectivity index is 1.46. The van der Waals surface area contributed by atoms with Crippen molar-refractivity contribution >= 4 is 0 Å². The highest BCUT2D eigenvalue weighted by molar-refractivity contribution is 5.66. The monoisotopic (exact) mass is 508 g/mol. The third kappa shape index (κ3) is 5.86. The second-order valence-electron chi connectivity index (χ2n) is 9.08. The SMILES string of the molecule is CCCCC1CCC(c2ccc(-c3cc(F)c(OCc4cc(F)c(F)c(F)c4)c(F)c3)c(F)c2)OC1. The van der Waals surface area contributed by atoms with Gasteiger partial charge in [0.1, 0.15) is 12.4 Å². The predicted octanol–water partition coefficient (Wildman–Crippen LogP) is 8.43. The highest BCUT2D eigenvalue weighted by Gasteiger charge is 2.24. The number of unbranched alkanes of at least 4 members (excludes halogenated alkanes) is 1. The van der Waals surface area contributed by atoms with Crippen LogP contribution >= 0.6 is 0 Å². The van der Waals surface area contributed by atoms with Gasteiger partial charge in [-0.05, 0) is 72.2 Å². The van der Waals surface area contributed by atoms with Gasteiger partial charge < -0.3 is 9.47 Å². The zero-order valence-electron chi connectivity index (χ0n) is 19.7. The first-order chi connectivity index (χ1) is 17.3. The van der Waals surface area contributed by atoms with Crippen molar-refractivity contribution in [3.05, 3.63) is 88.5 Å². The van der Waals surface area contributed by atoms with Crippen molar-refractivity contribution in [2.24, 2.45) is 5.92 Å². The summed E-state index contributed by atoms with van der Waals surface area (Å²) in [6, 6.07) is 7.63. The minimum Gasteiger partial charge on any atom is -0.483 e. The maximum absolute atomic E-state index is 14.9. The molecule has 0 aromatic heterocycles. The van der Waals surface area contributed by atoms with Gasteiger partial charge in [0.15, 0.2) is 34.8 Å². The number of rotatable bonds is 8. The summed E-state index contributed by atoms with van der Waals surface area (Å²) in [5.74, 6) is -7.71. The Kier molecular flexibility index (Phi) is 8.24. The van der Waals surface area contributed by atoms with E-state index in [1.54, 1.807) is 6.07 Å². The molecule has 1 saturated heterocycles. The van der Waals surface area contributed by atoms with Crippen LogP contribution in [0.3, 0.4) is 0 Å². The molecule has 1 fully saturated rings. The Morgan fingerprint density at radius 1 is 0.833 bits per heavy atom. The smallest absolute Gasteiger partial charge is 0.194 e. The minimum absolute atomic E-state index is 0.00223. The average molecular weight is 509 g/mol. The van der Waals surface area contributed by atoms with Gasteiger partial charge in [0.2, 0.25) is 0 Å². The van der Waals surface area contributed by atoms with E-state index in [-0.39, 0.29) is 22.8 Å². The summed E-state index contributed by atoms with van der Waals surface area (Å²) in [5, 5.41) is 0. The molecule has 8 heteroatoms. The van der Waals surface area contributed by atoms with Crippen LogP contribution < -0.4 is 4.74 Å². The Labute approximate surface area is 205 Å². The van der Waals surface area contributed by atoms with E-state index >= 15 is 0 Å². The predicted molar refractivity (Wildman–Crippen MR) is 123 cm³/mol. The summed E-state index contributed by atoms with van der Waals surface area (Å²) >= 11 is 0. The summed E-state index contributed by atoms with van der Waals surface area (Å²) in [4.78, 5) is 0. The molecule has 2 atom stereocenters. The number of hydrogen-bond acceptors (Lipinski definition) is 2. The largest absolute Gasteiger partial charge is 0.483 e. The highest BCUT2D eigenvalue weighted by Crippen LogP contribution is 2.36. The Bertz CT molecular complexity index is 1170. The van der Waals surface area contributed by atoms with Crippen molar-refractivity contribution in [1.29, 1.82) is 0 Å². The van der Waals surface area contributed by atoms with Crippen molar-refractivity contribution in [3.63, 3.8) is 0 Å². The van der Waals surface area contributed by atoms with Crippen molar-refractivity contribution < 1.29 is 35.8 Å². The molecule has 0 N–H and O–H groups in total. The average Bonchev–Trinajstić information content (AvgIpc) is 2.85. The molecule has 0 radical (unpaired) electrons. The lowest BCUT2D eigenvalue weighted by molar-refractivity contribution is -0.0199. The Hall–Kier alpha value is -3.00. The summed E-state index contributed by atoms with van der Waals surface area (Å²) < 4.78 is 95.0. The second-order valence-corrected chi connectivity index (χ2v) is 9.08. The first-order valence-corrected chi connectivity index (χ1v) is 11.9. The molecule has 0 spiro atoms. The first-order valence-electron chi connectivity index (χ1n) is 11.9. The van der Waals surface area contributed by atoms with Crippen LogP contribution in [-0.2, 0) is 11.3 Å². The summed E-state index contributed by atoms with van der Waals surface area (Å²) in [6.45, 7) is 2.17. The summed E-state index contributed by atoms with van der Waals surface area (Å²) in [7, 11) is 0. The molecular formula is C28H26F6O2. The molecule has 4 rings (SSSR count). The third-order valence-corrected chi connectivity index (χ3v) is 6.44. The van der Waals surface area contributed by atoms with Gasteiger partial charge in [0, 0.05) is 5.56 Å². The molecule has 1 aliphatic rings. The maximum Gasteiger partial charge on any atom is 0.194 e. The molecule has 0 saturated carbocycles. The Morgan fingerprint density at radius 3 is 2.11 bits per heavy atom. The molecule has 3 aromatic carbocycles. The van der Waals surface area contributed by atoms with Gasteiger partial charge in [-0.2, -0.15) is 0 Å². The molecule has 2 nitrogen and oxygen atoms in total. The molecule has 192 valence electrons. The van der Waals surface area contributed by atoms with Gasteiger partial charge in [-0.15, -0.1) is 0 Å². The van der Waals surface area contributed by atoms with Crippen LogP contribution in [-0.4, -0.2) is 6.61 Å². The standard InChI is InChI=1S/C28H26F6O2/c1-2-3-4-16-5-8-26(35-14-16)18-6-7-20(21(29)11-18)19-12-24(32)28(25(33)13-19)36-15-17-9-22(30)27(34)23(31)10-17/h6-7,9-13,16,26H,2-5,8,14-15H2,1H3. The summed E-state index contributed by atoms with van der Waals surface area (Å²) in [5.41, 5.74) is 0.481. The van der Waals surface area contributed by atoms with E-state index in [0.717, 1.165) is 44.2 Å². The molecule has 0 bridgehead atoms. The molecule has 1 heterocycles. The Morgan fingerprint density at radius 2 is 1.53 bits per heavy atom. The van der Waals surface area contributed by atoms with Crippen molar-refractivity contribution in [2.45, 2.75) is 51.7 Å². The highest BCUT2D eigenvalue weighted by atomic mass is 19.2. The first kappa shape index (κ1) is 26.1. The molecular weight excluding hydrogens is 482 g/mol. The van der Waals surface area contributed by atoms with E-state index in [4.69, 9.17) is 9.47 Å². The van der Waals surface area contributed by atoms with E-state index in [9.17, 15) is 26.3 Å². The summed E-state index contributed by atoms with van der Waals surface area (Å²) in [6.07, 6.45) is 4.97. The zero-order valence-corrected chi connectivity index (χ0v) is 19.7. The lowest BCUT2D eigenvalue weighted by Gasteiger charge is -2.29.